The number of aliphatic hydroxyl groups excluding tert-OH is 1. The molecule has 2 fully saturated rings. The molecule has 2 N–H and O–H groups in total. The second kappa shape index (κ2) is 10.8. The Morgan fingerprint density at radius 2 is 1.91 bits per heavy atom. The number of hydrogen-bond acceptors (Lipinski definition) is 2. The third-order valence-electron chi connectivity index (χ3n) is 10.2. The molecule has 0 spiro atoms. The van der Waals surface area contributed by atoms with Crippen LogP contribution in [0.2, 0.25) is 0 Å². The Morgan fingerprint density at radius 3 is 2.62 bits per heavy atom. The Kier molecular flexibility index (Phi) is 8.24. The maximum Gasteiger partial charge on any atom is 0.123 e. The molecule has 34 heavy (non-hydrogen) atoms. The summed E-state index contributed by atoms with van der Waals surface area (Å²) in [6, 6.07) is 6.78. The molecular formula is C31H47FO2. The van der Waals surface area contributed by atoms with Gasteiger partial charge in [-0.2, -0.15) is 0 Å². The Hall–Kier alpha value is -1.19. The molecule has 0 radical (unpaired) electrons. The van der Waals surface area contributed by atoms with E-state index < -0.39 is 5.60 Å². The summed E-state index contributed by atoms with van der Waals surface area (Å²) in [4.78, 5) is 0. The molecule has 0 saturated heterocycles. The van der Waals surface area contributed by atoms with Gasteiger partial charge in [-0.25, -0.2) is 4.39 Å². The van der Waals surface area contributed by atoms with Crippen LogP contribution in [0.1, 0.15) is 103 Å². The molecule has 2 saturated carbocycles. The summed E-state index contributed by atoms with van der Waals surface area (Å²) >= 11 is 0. The van der Waals surface area contributed by atoms with Gasteiger partial charge in [0.2, 0.25) is 0 Å². The topological polar surface area (TPSA) is 40.5 Å². The van der Waals surface area contributed by atoms with E-state index in [4.69, 9.17) is 0 Å². The summed E-state index contributed by atoms with van der Waals surface area (Å²) < 4.78 is 13.3. The molecule has 0 aliphatic heterocycles. The van der Waals surface area contributed by atoms with E-state index in [1.54, 1.807) is 0 Å². The third-order valence-corrected chi connectivity index (χ3v) is 10.2. The highest BCUT2D eigenvalue weighted by molar-refractivity contribution is 5.18. The smallest absolute Gasteiger partial charge is 0.123 e. The van der Waals surface area contributed by atoms with Gasteiger partial charge in [-0.05, 0) is 117 Å². The molecule has 2 nitrogen and oxygen atoms in total. The van der Waals surface area contributed by atoms with Gasteiger partial charge in [-0.3, -0.25) is 0 Å². The van der Waals surface area contributed by atoms with Gasteiger partial charge in [0.15, 0.2) is 0 Å². The lowest BCUT2D eigenvalue weighted by molar-refractivity contribution is -0.101. The highest BCUT2D eigenvalue weighted by Crippen LogP contribution is 2.64. The number of unbranched alkanes of at least 4 members (excludes halogenated alkanes) is 1. The number of halogens is 1. The predicted molar refractivity (Wildman–Crippen MR) is 138 cm³/mol. The van der Waals surface area contributed by atoms with Crippen LogP contribution >= 0.6 is 0 Å². The zero-order valence-electron chi connectivity index (χ0n) is 21.7. The molecule has 190 valence electrons. The van der Waals surface area contributed by atoms with Crippen LogP contribution in [0.25, 0.3) is 0 Å². The first-order valence-corrected chi connectivity index (χ1v) is 14.1. The van der Waals surface area contributed by atoms with Crippen LogP contribution in [0.4, 0.5) is 4.39 Å². The average Bonchev–Trinajstić information content (AvgIpc) is 3.20. The monoisotopic (exact) mass is 470 g/mol. The van der Waals surface area contributed by atoms with E-state index in [9.17, 15) is 14.6 Å². The van der Waals surface area contributed by atoms with Crippen LogP contribution in [-0.2, 0) is 6.42 Å². The van der Waals surface area contributed by atoms with Crippen molar-refractivity contribution in [1.29, 1.82) is 0 Å². The van der Waals surface area contributed by atoms with Gasteiger partial charge in [0, 0.05) is 0 Å². The minimum Gasteiger partial charge on any atom is -0.393 e. The van der Waals surface area contributed by atoms with Crippen LogP contribution < -0.4 is 0 Å². The lowest BCUT2D eigenvalue weighted by Crippen LogP contribution is -2.50. The summed E-state index contributed by atoms with van der Waals surface area (Å²) in [7, 11) is 0. The van der Waals surface area contributed by atoms with Crippen LogP contribution in [0, 0.1) is 34.9 Å². The van der Waals surface area contributed by atoms with Crippen molar-refractivity contribution in [3.8, 4) is 0 Å². The van der Waals surface area contributed by atoms with Crippen molar-refractivity contribution in [2.45, 2.75) is 116 Å². The van der Waals surface area contributed by atoms with Crippen molar-refractivity contribution < 1.29 is 14.6 Å². The summed E-state index contributed by atoms with van der Waals surface area (Å²) in [5, 5.41) is 22.4. The first-order valence-electron chi connectivity index (χ1n) is 14.1. The van der Waals surface area contributed by atoms with Crippen LogP contribution in [0.3, 0.4) is 0 Å². The number of fused-ring (bicyclic) bond motifs is 3. The van der Waals surface area contributed by atoms with Gasteiger partial charge < -0.3 is 10.2 Å². The van der Waals surface area contributed by atoms with Gasteiger partial charge >= 0.3 is 0 Å². The average molecular weight is 471 g/mol. The molecule has 3 aliphatic carbocycles. The summed E-state index contributed by atoms with van der Waals surface area (Å²) in [6.07, 6.45) is 15.9. The highest BCUT2D eigenvalue weighted by atomic mass is 19.1. The summed E-state index contributed by atoms with van der Waals surface area (Å²) in [5.41, 5.74) is 2.17. The maximum absolute atomic E-state index is 13.3. The quantitative estimate of drug-likeness (QED) is 0.345. The standard InChI is InChI=1S/C31H47FO2/c1-4-6-7-26(33)21-23-10-13-27-24(20-23)17-18-30(3)28(27)14-15-29(30)31(34,5-2)19-16-22-8-11-25(32)12-9-22/h8-12,24,26-29,33-34H,4-7,13-21H2,1-3H3/t24-,26+,27-,28+,29+,30+,31-/m1/s1. The maximum atomic E-state index is 13.3. The molecule has 3 aliphatic rings. The molecule has 1 aromatic rings. The molecular weight excluding hydrogens is 423 g/mol. The van der Waals surface area contributed by atoms with Gasteiger partial charge in [-0.15, -0.1) is 0 Å². The van der Waals surface area contributed by atoms with Gasteiger partial charge in [0.25, 0.3) is 0 Å². The summed E-state index contributed by atoms with van der Waals surface area (Å²) in [6.45, 7) is 6.82. The van der Waals surface area contributed by atoms with Crippen LogP contribution in [-0.4, -0.2) is 21.9 Å². The predicted octanol–water partition coefficient (Wildman–Crippen LogP) is 7.62. The third kappa shape index (κ3) is 5.31. The molecule has 0 amide bonds. The molecule has 3 heteroatoms. The molecule has 0 unspecified atom stereocenters. The van der Waals surface area contributed by atoms with Crippen LogP contribution in [0.15, 0.2) is 35.9 Å². The number of allylic oxidation sites excluding steroid dienone is 1. The second-order valence-electron chi connectivity index (χ2n) is 12.1. The van der Waals surface area contributed by atoms with E-state index in [2.05, 4.69) is 26.8 Å². The van der Waals surface area contributed by atoms with Crippen molar-refractivity contribution in [2.24, 2.45) is 29.1 Å². The van der Waals surface area contributed by atoms with E-state index in [1.165, 1.54) is 43.4 Å². The molecule has 0 aromatic heterocycles. The van der Waals surface area contributed by atoms with Gasteiger partial charge in [-0.1, -0.05) is 57.4 Å². The van der Waals surface area contributed by atoms with E-state index in [0.29, 0.717) is 11.8 Å². The van der Waals surface area contributed by atoms with E-state index in [0.717, 1.165) is 75.2 Å². The Balaban J connectivity index is 1.42. The zero-order chi connectivity index (χ0) is 24.3. The van der Waals surface area contributed by atoms with Crippen molar-refractivity contribution in [2.75, 3.05) is 0 Å². The van der Waals surface area contributed by atoms with Gasteiger partial charge in [0.05, 0.1) is 11.7 Å². The first-order chi connectivity index (χ1) is 16.3. The lowest BCUT2D eigenvalue weighted by atomic mass is 9.53. The molecule has 0 heterocycles. The minimum absolute atomic E-state index is 0.173. The van der Waals surface area contributed by atoms with Crippen LogP contribution in [0.5, 0.6) is 0 Å². The van der Waals surface area contributed by atoms with Gasteiger partial charge in [0.1, 0.15) is 5.82 Å². The Morgan fingerprint density at radius 1 is 1.15 bits per heavy atom. The summed E-state index contributed by atoms with van der Waals surface area (Å²) in [5.74, 6) is 2.33. The number of hydrogen-bond donors (Lipinski definition) is 2. The Bertz CT molecular complexity index is 832. The number of aryl methyl sites for hydroxylation is 1. The fraction of sp³-hybridized carbons (Fsp3) is 0.742. The second-order valence-corrected chi connectivity index (χ2v) is 12.1. The van der Waals surface area contributed by atoms with E-state index >= 15 is 0 Å². The molecule has 1 aromatic carbocycles. The Labute approximate surface area is 207 Å². The van der Waals surface area contributed by atoms with Crippen molar-refractivity contribution in [3.05, 3.63) is 47.3 Å². The lowest BCUT2D eigenvalue weighted by Gasteiger charge is -2.53. The SMILES string of the molecule is CCCC[C@H](O)CC1=CC[C@@H]2[C@H](CC[C@]3(C)[C@@H]([C@@](O)(CC)CCc4ccc(F)cc4)CC[C@@H]23)C1. The number of rotatable bonds is 10. The van der Waals surface area contributed by atoms with E-state index in [1.807, 2.05) is 12.1 Å². The molecule has 7 atom stereocenters. The first kappa shape index (κ1) is 25.9. The molecule has 0 bridgehead atoms. The number of benzene rings is 1. The van der Waals surface area contributed by atoms with Crippen molar-refractivity contribution >= 4 is 0 Å². The van der Waals surface area contributed by atoms with E-state index in [-0.39, 0.29) is 17.3 Å². The largest absolute Gasteiger partial charge is 0.393 e. The highest BCUT2D eigenvalue weighted by Gasteiger charge is 2.58. The number of aliphatic hydroxyl groups is 2. The van der Waals surface area contributed by atoms with Crippen molar-refractivity contribution in [1.82, 2.24) is 0 Å². The molecule has 4 rings (SSSR count). The fourth-order valence-electron chi connectivity index (χ4n) is 8.20. The van der Waals surface area contributed by atoms with Crippen molar-refractivity contribution in [3.63, 3.8) is 0 Å². The zero-order valence-corrected chi connectivity index (χ0v) is 21.7. The normalized spacial score (nSPS) is 33.5. The fourth-order valence-corrected chi connectivity index (χ4v) is 8.20. The minimum atomic E-state index is -0.649.